The Labute approximate surface area is 146 Å². The Hall–Kier alpha value is -1.57. The van der Waals surface area contributed by atoms with Crippen LogP contribution in [-0.4, -0.2) is 22.3 Å². The summed E-state index contributed by atoms with van der Waals surface area (Å²) in [7, 11) is 0. The summed E-state index contributed by atoms with van der Waals surface area (Å²) in [5.74, 6) is -1.32. The molecule has 1 atom stereocenters. The second kappa shape index (κ2) is 6.51. The molecular weight excluding hydrogens is 413 g/mol. The van der Waals surface area contributed by atoms with Crippen molar-refractivity contribution in [2.75, 3.05) is 6.54 Å². The summed E-state index contributed by atoms with van der Waals surface area (Å²) in [5.41, 5.74) is 2.60. The van der Waals surface area contributed by atoms with Gasteiger partial charge in [0, 0.05) is 37.8 Å². The predicted molar refractivity (Wildman–Crippen MR) is 90.8 cm³/mol. The van der Waals surface area contributed by atoms with Crippen molar-refractivity contribution in [3.63, 3.8) is 0 Å². The van der Waals surface area contributed by atoms with Crippen molar-refractivity contribution in [3.8, 4) is 0 Å². The fourth-order valence-corrected chi connectivity index (χ4v) is 3.16. The molecule has 1 aliphatic heterocycles. The van der Waals surface area contributed by atoms with Gasteiger partial charge in [-0.15, -0.1) is 0 Å². The lowest BCUT2D eigenvalue weighted by Crippen LogP contribution is -2.24. The highest BCUT2D eigenvalue weighted by atomic mass is 127. The summed E-state index contributed by atoms with van der Waals surface area (Å²) >= 11 is 1.64. The first-order valence-corrected chi connectivity index (χ1v) is 8.35. The van der Waals surface area contributed by atoms with Crippen LogP contribution in [0.4, 0.5) is 8.78 Å². The van der Waals surface area contributed by atoms with E-state index in [4.69, 9.17) is 0 Å². The number of rotatable bonds is 3. The summed E-state index contributed by atoms with van der Waals surface area (Å²) < 4.78 is 27.5. The minimum Gasteiger partial charge on any atom is -0.338 e. The highest BCUT2D eigenvalue weighted by Gasteiger charge is 2.31. The third kappa shape index (κ3) is 3.36. The number of pyridine rings is 1. The van der Waals surface area contributed by atoms with Gasteiger partial charge in [0.1, 0.15) is 11.6 Å². The Morgan fingerprint density at radius 3 is 2.70 bits per heavy atom. The molecule has 23 heavy (non-hydrogen) atoms. The molecule has 0 aliphatic carbocycles. The Bertz CT molecular complexity index is 743. The SMILES string of the molecule is Cc1cnccc1CN1C[C@@H](c2cc(F)c(I)c(F)c2)CC1=O. The van der Waals surface area contributed by atoms with Crippen LogP contribution < -0.4 is 0 Å². The number of hydrogen-bond acceptors (Lipinski definition) is 2. The molecule has 0 unspecified atom stereocenters. The fourth-order valence-electron chi connectivity index (χ4n) is 2.84. The average molecular weight is 428 g/mol. The van der Waals surface area contributed by atoms with Crippen LogP contribution in [0.2, 0.25) is 0 Å². The lowest BCUT2D eigenvalue weighted by Gasteiger charge is -2.18. The van der Waals surface area contributed by atoms with Crippen molar-refractivity contribution in [3.05, 3.63) is 62.5 Å². The van der Waals surface area contributed by atoms with E-state index in [0.717, 1.165) is 11.1 Å². The van der Waals surface area contributed by atoms with Gasteiger partial charge in [0.2, 0.25) is 5.91 Å². The van der Waals surface area contributed by atoms with Gasteiger partial charge < -0.3 is 4.90 Å². The lowest BCUT2D eigenvalue weighted by atomic mass is 9.98. The number of nitrogens with zero attached hydrogens (tertiary/aromatic N) is 2. The van der Waals surface area contributed by atoms with E-state index in [1.54, 1.807) is 39.9 Å². The molecule has 1 aliphatic rings. The molecule has 6 heteroatoms. The zero-order valence-electron chi connectivity index (χ0n) is 12.5. The van der Waals surface area contributed by atoms with Crippen LogP contribution in [0.1, 0.15) is 29.0 Å². The lowest BCUT2D eigenvalue weighted by molar-refractivity contribution is -0.128. The number of halogens is 3. The van der Waals surface area contributed by atoms with E-state index in [1.807, 2.05) is 13.0 Å². The molecule has 1 aromatic heterocycles. The second-order valence-corrected chi connectivity index (χ2v) is 6.85. The zero-order valence-corrected chi connectivity index (χ0v) is 14.7. The maximum absolute atomic E-state index is 13.7. The number of aromatic nitrogens is 1. The van der Waals surface area contributed by atoms with Gasteiger partial charge >= 0.3 is 0 Å². The number of amides is 1. The van der Waals surface area contributed by atoms with Crippen molar-refractivity contribution in [2.45, 2.75) is 25.8 Å². The van der Waals surface area contributed by atoms with Crippen molar-refractivity contribution < 1.29 is 13.6 Å². The molecule has 2 heterocycles. The van der Waals surface area contributed by atoms with Crippen LogP contribution in [0.25, 0.3) is 0 Å². The van der Waals surface area contributed by atoms with Crippen LogP contribution in [0, 0.1) is 22.1 Å². The minimum absolute atomic E-state index is 0.00517. The predicted octanol–water partition coefficient (Wildman–Crippen LogP) is 3.79. The van der Waals surface area contributed by atoms with Gasteiger partial charge in [0.15, 0.2) is 0 Å². The molecule has 2 aromatic rings. The summed E-state index contributed by atoms with van der Waals surface area (Å²) in [5, 5.41) is 0. The number of hydrogen-bond donors (Lipinski definition) is 0. The van der Waals surface area contributed by atoms with Crippen LogP contribution in [0.15, 0.2) is 30.6 Å². The Kier molecular flexibility index (Phi) is 4.61. The molecular formula is C17H15F2IN2O. The van der Waals surface area contributed by atoms with Crippen LogP contribution in [0.5, 0.6) is 0 Å². The fraction of sp³-hybridized carbons (Fsp3) is 0.294. The molecule has 0 spiro atoms. The standard InChI is InChI=1S/C17H15F2IN2O/c1-10-7-21-3-2-11(10)8-22-9-13(6-16(22)23)12-4-14(18)17(20)15(19)5-12/h2-5,7,13H,6,8-9H2,1H3/t13-/m0/s1. The molecule has 3 nitrogen and oxygen atoms in total. The molecule has 1 amide bonds. The average Bonchev–Trinajstić information content (AvgIpc) is 2.88. The summed E-state index contributed by atoms with van der Waals surface area (Å²) in [4.78, 5) is 18.0. The van der Waals surface area contributed by atoms with Crippen LogP contribution in [-0.2, 0) is 11.3 Å². The van der Waals surface area contributed by atoms with Gasteiger partial charge in [0.05, 0.1) is 3.57 Å². The van der Waals surface area contributed by atoms with Gasteiger partial charge in [-0.1, -0.05) is 0 Å². The third-order valence-electron chi connectivity index (χ3n) is 4.19. The van der Waals surface area contributed by atoms with Crippen molar-refractivity contribution in [1.29, 1.82) is 0 Å². The molecule has 1 saturated heterocycles. The number of likely N-dealkylation sites (tertiary alicyclic amines) is 1. The first-order valence-electron chi connectivity index (χ1n) is 7.27. The van der Waals surface area contributed by atoms with Crippen LogP contribution >= 0.6 is 22.6 Å². The van der Waals surface area contributed by atoms with E-state index in [-0.39, 0.29) is 21.8 Å². The molecule has 1 fully saturated rings. The van der Waals surface area contributed by atoms with Gasteiger partial charge in [-0.05, 0) is 64.4 Å². The molecule has 120 valence electrons. The van der Waals surface area contributed by atoms with E-state index in [2.05, 4.69) is 4.98 Å². The summed E-state index contributed by atoms with van der Waals surface area (Å²) in [6, 6.07) is 4.56. The van der Waals surface area contributed by atoms with Gasteiger partial charge in [-0.25, -0.2) is 8.78 Å². The van der Waals surface area contributed by atoms with Crippen LogP contribution in [0.3, 0.4) is 0 Å². The molecule has 0 bridgehead atoms. The van der Waals surface area contributed by atoms with E-state index >= 15 is 0 Å². The summed E-state index contributed by atoms with van der Waals surface area (Å²) in [6.07, 6.45) is 3.74. The van der Waals surface area contributed by atoms with Crippen molar-refractivity contribution in [2.24, 2.45) is 0 Å². The number of benzene rings is 1. The van der Waals surface area contributed by atoms with E-state index < -0.39 is 11.6 Å². The second-order valence-electron chi connectivity index (χ2n) is 5.78. The molecule has 0 radical (unpaired) electrons. The normalized spacial score (nSPS) is 17.8. The summed E-state index contributed by atoms with van der Waals surface area (Å²) in [6.45, 7) is 2.92. The quantitative estimate of drug-likeness (QED) is 0.551. The van der Waals surface area contributed by atoms with E-state index in [9.17, 15) is 13.6 Å². The number of carbonyl (C=O) groups is 1. The maximum Gasteiger partial charge on any atom is 0.223 e. The van der Waals surface area contributed by atoms with Crippen molar-refractivity contribution in [1.82, 2.24) is 9.88 Å². The first kappa shape index (κ1) is 16.3. The molecule has 3 rings (SSSR count). The van der Waals surface area contributed by atoms with E-state index in [1.165, 1.54) is 12.1 Å². The Morgan fingerprint density at radius 1 is 1.35 bits per heavy atom. The first-order chi connectivity index (χ1) is 11.0. The maximum atomic E-state index is 13.7. The highest BCUT2D eigenvalue weighted by Crippen LogP contribution is 2.31. The number of carbonyl (C=O) groups excluding carboxylic acids is 1. The molecule has 0 saturated carbocycles. The van der Waals surface area contributed by atoms with E-state index in [0.29, 0.717) is 18.7 Å². The minimum atomic E-state index is -0.573. The monoisotopic (exact) mass is 428 g/mol. The van der Waals surface area contributed by atoms with Gasteiger partial charge in [0.25, 0.3) is 0 Å². The smallest absolute Gasteiger partial charge is 0.223 e. The third-order valence-corrected chi connectivity index (χ3v) is 5.22. The Morgan fingerprint density at radius 2 is 2.04 bits per heavy atom. The topological polar surface area (TPSA) is 33.2 Å². The highest BCUT2D eigenvalue weighted by molar-refractivity contribution is 14.1. The Balaban J connectivity index is 1.79. The van der Waals surface area contributed by atoms with Crippen molar-refractivity contribution >= 4 is 28.5 Å². The number of aryl methyl sites for hydroxylation is 1. The largest absolute Gasteiger partial charge is 0.338 e. The zero-order chi connectivity index (χ0) is 16.6. The van der Waals surface area contributed by atoms with Gasteiger partial charge in [-0.2, -0.15) is 0 Å². The molecule has 1 aromatic carbocycles. The molecule has 0 N–H and O–H groups in total. The van der Waals surface area contributed by atoms with Gasteiger partial charge in [-0.3, -0.25) is 9.78 Å².